The summed E-state index contributed by atoms with van der Waals surface area (Å²) in [4.78, 5) is 5.70. The second-order valence-electron chi connectivity index (χ2n) is 4.63. The molecule has 2 nitrogen and oxygen atoms in total. The van der Waals surface area contributed by atoms with Gasteiger partial charge in [0.25, 0.3) is 0 Å². The molecule has 0 aliphatic carbocycles. The Balaban J connectivity index is 2.37. The Morgan fingerprint density at radius 2 is 2.20 bits per heavy atom. The van der Waals surface area contributed by atoms with E-state index in [1.165, 1.54) is 23.4 Å². The number of rotatable bonds is 6. The molecule has 1 rings (SSSR count). The maximum atomic E-state index is 5.79. The molecular formula is C12H22N2S. The van der Waals surface area contributed by atoms with Gasteiger partial charge in [0.15, 0.2) is 0 Å². The van der Waals surface area contributed by atoms with Crippen molar-refractivity contribution in [3.05, 3.63) is 16.1 Å². The van der Waals surface area contributed by atoms with Gasteiger partial charge in [0.2, 0.25) is 0 Å². The Kier molecular flexibility index (Phi) is 5.26. The Hall–Kier alpha value is -0.410. The Morgan fingerprint density at radius 1 is 1.47 bits per heavy atom. The van der Waals surface area contributed by atoms with Crippen molar-refractivity contribution in [2.24, 2.45) is 17.6 Å². The Morgan fingerprint density at radius 3 is 2.67 bits per heavy atom. The van der Waals surface area contributed by atoms with Crippen LogP contribution in [0.1, 0.15) is 37.3 Å². The first-order chi connectivity index (χ1) is 7.13. The van der Waals surface area contributed by atoms with Crippen molar-refractivity contribution in [3.8, 4) is 0 Å². The second-order valence-corrected chi connectivity index (χ2v) is 5.57. The van der Waals surface area contributed by atoms with Crippen LogP contribution < -0.4 is 5.73 Å². The van der Waals surface area contributed by atoms with E-state index < -0.39 is 0 Å². The van der Waals surface area contributed by atoms with Gasteiger partial charge >= 0.3 is 0 Å². The fraction of sp³-hybridized carbons (Fsp3) is 0.750. The zero-order valence-electron chi connectivity index (χ0n) is 9.99. The first-order valence-corrected chi connectivity index (χ1v) is 6.60. The molecule has 2 N–H and O–H groups in total. The van der Waals surface area contributed by atoms with E-state index in [-0.39, 0.29) is 0 Å². The minimum atomic E-state index is 0.673. The second kappa shape index (κ2) is 6.23. The van der Waals surface area contributed by atoms with Gasteiger partial charge in [0.1, 0.15) is 0 Å². The summed E-state index contributed by atoms with van der Waals surface area (Å²) in [6, 6.07) is 0. The van der Waals surface area contributed by atoms with Crippen LogP contribution in [0.2, 0.25) is 0 Å². The van der Waals surface area contributed by atoms with Crippen LogP contribution in [-0.4, -0.2) is 11.5 Å². The molecular weight excluding hydrogens is 204 g/mol. The lowest BCUT2D eigenvalue weighted by Crippen LogP contribution is -2.17. The average molecular weight is 226 g/mol. The fourth-order valence-corrected chi connectivity index (χ4v) is 2.70. The molecule has 86 valence electrons. The van der Waals surface area contributed by atoms with Crippen molar-refractivity contribution >= 4 is 11.3 Å². The summed E-state index contributed by atoms with van der Waals surface area (Å²) in [5, 5.41) is 0. The van der Waals surface area contributed by atoms with Gasteiger partial charge in [-0.1, -0.05) is 13.8 Å². The smallest absolute Gasteiger partial charge is 0.0797 e. The van der Waals surface area contributed by atoms with Crippen LogP contribution in [0.4, 0.5) is 0 Å². The summed E-state index contributed by atoms with van der Waals surface area (Å²) in [5.74, 6) is 1.42. The molecule has 1 atom stereocenters. The molecule has 1 aromatic heterocycles. The zero-order chi connectivity index (χ0) is 11.3. The van der Waals surface area contributed by atoms with E-state index >= 15 is 0 Å². The van der Waals surface area contributed by atoms with Crippen molar-refractivity contribution in [1.29, 1.82) is 0 Å². The normalized spacial score (nSPS) is 13.4. The SMILES string of the molecule is Cc1ncsc1CCC(CN)CC(C)C. The highest BCUT2D eigenvalue weighted by Crippen LogP contribution is 2.20. The number of nitrogens with two attached hydrogens (primary N) is 1. The highest BCUT2D eigenvalue weighted by Gasteiger charge is 2.10. The van der Waals surface area contributed by atoms with Crippen LogP contribution in [0.25, 0.3) is 0 Å². The Bertz CT molecular complexity index is 281. The maximum Gasteiger partial charge on any atom is 0.0797 e. The van der Waals surface area contributed by atoms with Gasteiger partial charge < -0.3 is 5.73 Å². The largest absolute Gasteiger partial charge is 0.330 e. The third-order valence-electron chi connectivity index (χ3n) is 2.76. The van der Waals surface area contributed by atoms with Gasteiger partial charge in [-0.05, 0) is 44.6 Å². The van der Waals surface area contributed by atoms with Crippen molar-refractivity contribution < 1.29 is 0 Å². The molecule has 0 spiro atoms. The third kappa shape index (κ3) is 4.31. The molecule has 1 heterocycles. The molecule has 1 aromatic rings. The summed E-state index contributed by atoms with van der Waals surface area (Å²) in [7, 11) is 0. The average Bonchev–Trinajstić information content (AvgIpc) is 2.58. The molecule has 1 unspecified atom stereocenters. The van der Waals surface area contributed by atoms with Crippen LogP contribution in [0.15, 0.2) is 5.51 Å². The van der Waals surface area contributed by atoms with E-state index in [0.29, 0.717) is 5.92 Å². The zero-order valence-corrected chi connectivity index (χ0v) is 10.8. The van der Waals surface area contributed by atoms with Crippen LogP contribution in [0.3, 0.4) is 0 Å². The molecule has 0 bridgehead atoms. The summed E-state index contributed by atoms with van der Waals surface area (Å²) in [6.07, 6.45) is 3.59. The van der Waals surface area contributed by atoms with Crippen molar-refractivity contribution in [2.75, 3.05) is 6.54 Å². The van der Waals surface area contributed by atoms with E-state index in [1.807, 2.05) is 5.51 Å². The van der Waals surface area contributed by atoms with Crippen LogP contribution >= 0.6 is 11.3 Å². The topological polar surface area (TPSA) is 38.9 Å². The van der Waals surface area contributed by atoms with E-state index in [0.717, 1.165) is 18.9 Å². The molecule has 0 radical (unpaired) electrons. The van der Waals surface area contributed by atoms with Gasteiger partial charge in [-0.3, -0.25) is 0 Å². The lowest BCUT2D eigenvalue weighted by atomic mass is 9.92. The number of thiazole rings is 1. The summed E-state index contributed by atoms with van der Waals surface area (Å²) >= 11 is 1.77. The summed E-state index contributed by atoms with van der Waals surface area (Å²) in [5.41, 5.74) is 8.92. The van der Waals surface area contributed by atoms with E-state index in [4.69, 9.17) is 5.73 Å². The van der Waals surface area contributed by atoms with Crippen LogP contribution in [0, 0.1) is 18.8 Å². The summed E-state index contributed by atoms with van der Waals surface area (Å²) in [6.45, 7) is 7.43. The lowest BCUT2D eigenvalue weighted by Gasteiger charge is -2.16. The molecule has 15 heavy (non-hydrogen) atoms. The minimum absolute atomic E-state index is 0.673. The van der Waals surface area contributed by atoms with Crippen molar-refractivity contribution in [1.82, 2.24) is 4.98 Å². The van der Waals surface area contributed by atoms with Crippen LogP contribution in [-0.2, 0) is 6.42 Å². The van der Waals surface area contributed by atoms with Crippen LogP contribution in [0.5, 0.6) is 0 Å². The van der Waals surface area contributed by atoms with E-state index in [1.54, 1.807) is 11.3 Å². The quantitative estimate of drug-likeness (QED) is 0.810. The minimum Gasteiger partial charge on any atom is -0.330 e. The van der Waals surface area contributed by atoms with Gasteiger partial charge in [0, 0.05) is 4.88 Å². The standard InChI is InChI=1S/C12H22N2S/c1-9(2)6-11(7-13)4-5-12-10(3)14-8-15-12/h8-9,11H,4-7,13H2,1-3H3. The predicted molar refractivity (Wildman–Crippen MR) is 67.2 cm³/mol. The monoisotopic (exact) mass is 226 g/mol. The molecule has 3 heteroatoms. The predicted octanol–water partition coefficient (Wildman–Crippen LogP) is 3.01. The number of nitrogens with zero attached hydrogens (tertiary/aromatic N) is 1. The third-order valence-corrected chi connectivity index (χ3v) is 3.76. The van der Waals surface area contributed by atoms with Crippen molar-refractivity contribution in [3.63, 3.8) is 0 Å². The molecule has 0 aliphatic heterocycles. The number of aryl methyl sites for hydroxylation is 2. The van der Waals surface area contributed by atoms with E-state index in [9.17, 15) is 0 Å². The number of aromatic nitrogens is 1. The van der Waals surface area contributed by atoms with Gasteiger partial charge in [0.05, 0.1) is 11.2 Å². The van der Waals surface area contributed by atoms with Gasteiger partial charge in [-0.2, -0.15) is 0 Å². The Labute approximate surface area is 96.9 Å². The lowest BCUT2D eigenvalue weighted by molar-refractivity contribution is 0.395. The highest BCUT2D eigenvalue weighted by atomic mass is 32.1. The first-order valence-electron chi connectivity index (χ1n) is 5.72. The fourth-order valence-electron chi connectivity index (χ4n) is 1.90. The van der Waals surface area contributed by atoms with Gasteiger partial charge in [-0.15, -0.1) is 11.3 Å². The molecule has 0 saturated heterocycles. The maximum absolute atomic E-state index is 5.79. The summed E-state index contributed by atoms with van der Waals surface area (Å²) < 4.78 is 0. The number of hydrogen-bond acceptors (Lipinski definition) is 3. The molecule has 0 amide bonds. The molecule has 0 fully saturated rings. The highest BCUT2D eigenvalue weighted by molar-refractivity contribution is 7.09. The van der Waals surface area contributed by atoms with Crippen molar-refractivity contribution in [2.45, 2.75) is 40.0 Å². The molecule has 0 aromatic carbocycles. The number of hydrogen-bond donors (Lipinski definition) is 1. The molecule has 0 aliphatic rings. The van der Waals surface area contributed by atoms with Gasteiger partial charge in [-0.25, -0.2) is 4.98 Å². The first kappa shape index (κ1) is 12.7. The molecule has 0 saturated carbocycles. The van der Waals surface area contributed by atoms with E-state index in [2.05, 4.69) is 25.8 Å².